The Hall–Kier alpha value is -0.590. The number of carbonyl (C=O) groups excluding carboxylic acids is 1. The highest BCUT2D eigenvalue weighted by Crippen LogP contribution is 2.53. The zero-order valence-electron chi connectivity index (χ0n) is 13.6. The van der Waals surface area contributed by atoms with E-state index in [4.69, 9.17) is 0 Å². The van der Waals surface area contributed by atoms with E-state index < -0.39 is 0 Å². The SMILES string of the molecule is CC.CCCCC1C(C)CCC2=CC(=O)CCC21C. The predicted octanol–water partition coefficient (Wildman–Crippen LogP) is 5.54. The highest BCUT2D eigenvalue weighted by atomic mass is 16.1. The minimum Gasteiger partial charge on any atom is -0.295 e. The van der Waals surface area contributed by atoms with Crippen LogP contribution in [0.25, 0.3) is 0 Å². The molecule has 2 aliphatic rings. The van der Waals surface area contributed by atoms with Crippen molar-refractivity contribution in [2.75, 3.05) is 0 Å². The average Bonchev–Trinajstić information content (AvgIpc) is 2.42. The van der Waals surface area contributed by atoms with Gasteiger partial charge in [-0.25, -0.2) is 0 Å². The summed E-state index contributed by atoms with van der Waals surface area (Å²) in [5, 5.41) is 0. The van der Waals surface area contributed by atoms with Crippen LogP contribution in [-0.4, -0.2) is 5.78 Å². The molecule has 0 saturated heterocycles. The number of unbranched alkanes of at least 4 members (excludes halogenated alkanes) is 1. The zero-order valence-corrected chi connectivity index (χ0v) is 13.6. The Morgan fingerprint density at radius 3 is 2.63 bits per heavy atom. The van der Waals surface area contributed by atoms with E-state index in [1.54, 1.807) is 0 Å². The van der Waals surface area contributed by atoms with Crippen LogP contribution in [0, 0.1) is 17.3 Å². The summed E-state index contributed by atoms with van der Waals surface area (Å²) < 4.78 is 0. The van der Waals surface area contributed by atoms with E-state index >= 15 is 0 Å². The normalized spacial score (nSPS) is 33.9. The average molecular weight is 264 g/mol. The first-order valence-electron chi connectivity index (χ1n) is 8.32. The van der Waals surface area contributed by atoms with Crippen molar-refractivity contribution in [1.82, 2.24) is 0 Å². The first kappa shape index (κ1) is 16.5. The van der Waals surface area contributed by atoms with Gasteiger partial charge in [-0.05, 0) is 49.0 Å². The van der Waals surface area contributed by atoms with Crippen LogP contribution in [0.5, 0.6) is 0 Å². The molecule has 1 fully saturated rings. The summed E-state index contributed by atoms with van der Waals surface area (Å²) in [5.41, 5.74) is 1.80. The van der Waals surface area contributed by atoms with Crippen molar-refractivity contribution in [2.24, 2.45) is 17.3 Å². The molecule has 3 atom stereocenters. The minimum atomic E-state index is 0.334. The number of allylic oxidation sites excluding steroid dienone is 2. The molecule has 110 valence electrons. The van der Waals surface area contributed by atoms with Crippen LogP contribution in [0.4, 0.5) is 0 Å². The Balaban J connectivity index is 0.000000861. The number of hydrogen-bond acceptors (Lipinski definition) is 1. The van der Waals surface area contributed by atoms with Gasteiger partial charge in [0, 0.05) is 6.42 Å². The molecule has 2 rings (SSSR count). The molecule has 1 saturated carbocycles. The molecule has 0 N–H and O–H groups in total. The lowest BCUT2D eigenvalue weighted by atomic mass is 9.55. The van der Waals surface area contributed by atoms with E-state index in [1.165, 1.54) is 31.3 Å². The molecule has 1 heteroatoms. The van der Waals surface area contributed by atoms with Crippen molar-refractivity contribution in [1.29, 1.82) is 0 Å². The molecule has 0 radical (unpaired) electrons. The quantitative estimate of drug-likeness (QED) is 0.653. The number of ketones is 1. The van der Waals surface area contributed by atoms with Crippen LogP contribution in [0.2, 0.25) is 0 Å². The smallest absolute Gasteiger partial charge is 0.155 e. The number of hydrogen-bond donors (Lipinski definition) is 0. The molecule has 19 heavy (non-hydrogen) atoms. The van der Waals surface area contributed by atoms with Crippen molar-refractivity contribution < 1.29 is 4.79 Å². The summed E-state index contributed by atoms with van der Waals surface area (Å²) in [4.78, 5) is 11.6. The van der Waals surface area contributed by atoms with Crippen LogP contribution in [0.15, 0.2) is 11.6 Å². The molecule has 3 unspecified atom stereocenters. The van der Waals surface area contributed by atoms with Crippen molar-refractivity contribution >= 4 is 5.78 Å². The molecule has 0 heterocycles. The van der Waals surface area contributed by atoms with Gasteiger partial charge in [-0.15, -0.1) is 0 Å². The highest BCUT2D eigenvalue weighted by molar-refractivity contribution is 5.91. The molecule has 0 aromatic carbocycles. The van der Waals surface area contributed by atoms with Gasteiger partial charge in [-0.3, -0.25) is 4.79 Å². The van der Waals surface area contributed by atoms with Crippen molar-refractivity contribution in [3.05, 3.63) is 11.6 Å². The van der Waals surface area contributed by atoms with E-state index in [0.717, 1.165) is 31.1 Å². The third-order valence-corrected chi connectivity index (χ3v) is 5.20. The third-order valence-electron chi connectivity index (χ3n) is 5.20. The van der Waals surface area contributed by atoms with Crippen LogP contribution in [0.3, 0.4) is 0 Å². The molecule has 0 bridgehead atoms. The molecule has 0 aliphatic heterocycles. The van der Waals surface area contributed by atoms with Gasteiger partial charge in [0.25, 0.3) is 0 Å². The van der Waals surface area contributed by atoms with Crippen molar-refractivity contribution in [3.8, 4) is 0 Å². The minimum absolute atomic E-state index is 0.334. The lowest BCUT2D eigenvalue weighted by molar-refractivity contribution is -0.116. The summed E-state index contributed by atoms with van der Waals surface area (Å²) in [6, 6.07) is 0. The monoisotopic (exact) mass is 264 g/mol. The van der Waals surface area contributed by atoms with Gasteiger partial charge in [-0.1, -0.05) is 53.0 Å². The second-order valence-corrected chi connectivity index (χ2v) is 6.32. The fraction of sp³-hybridized carbons (Fsp3) is 0.833. The lowest BCUT2D eigenvalue weighted by Crippen LogP contribution is -2.40. The Labute approximate surface area is 119 Å². The molecule has 0 aromatic heterocycles. The van der Waals surface area contributed by atoms with Crippen LogP contribution in [-0.2, 0) is 4.79 Å². The van der Waals surface area contributed by atoms with Crippen LogP contribution >= 0.6 is 0 Å². The molecule has 0 spiro atoms. The predicted molar refractivity (Wildman–Crippen MR) is 83.2 cm³/mol. The first-order chi connectivity index (χ1) is 9.08. The Morgan fingerprint density at radius 1 is 1.32 bits per heavy atom. The number of fused-ring (bicyclic) bond motifs is 1. The Bertz CT molecular complexity index is 329. The van der Waals surface area contributed by atoms with Crippen LogP contribution in [0.1, 0.15) is 79.6 Å². The van der Waals surface area contributed by atoms with E-state index in [2.05, 4.69) is 20.8 Å². The maximum Gasteiger partial charge on any atom is 0.155 e. The zero-order chi connectivity index (χ0) is 14.5. The van der Waals surface area contributed by atoms with E-state index in [-0.39, 0.29) is 0 Å². The van der Waals surface area contributed by atoms with Gasteiger partial charge in [0.05, 0.1) is 0 Å². The summed E-state index contributed by atoms with van der Waals surface area (Å²) in [6.07, 6.45) is 10.3. The number of carbonyl (C=O) groups is 1. The van der Waals surface area contributed by atoms with Crippen LogP contribution < -0.4 is 0 Å². The van der Waals surface area contributed by atoms with Gasteiger partial charge in [0.1, 0.15) is 0 Å². The fourth-order valence-electron chi connectivity index (χ4n) is 4.00. The maximum absolute atomic E-state index is 11.6. The topological polar surface area (TPSA) is 17.1 Å². The number of rotatable bonds is 3. The second kappa shape index (κ2) is 7.26. The third kappa shape index (κ3) is 3.49. The molecule has 2 aliphatic carbocycles. The standard InChI is InChI=1S/C16H26O.C2H6/c1-4-5-6-15-12(2)7-8-13-11-14(17)9-10-16(13,15)3;1-2/h11-12,15H,4-10H2,1-3H3;1-2H3. The van der Waals surface area contributed by atoms with Gasteiger partial charge in [0.15, 0.2) is 5.78 Å². The molecular weight excluding hydrogens is 232 g/mol. The van der Waals surface area contributed by atoms with E-state index in [0.29, 0.717) is 11.2 Å². The highest BCUT2D eigenvalue weighted by Gasteiger charge is 2.44. The van der Waals surface area contributed by atoms with E-state index in [9.17, 15) is 4.79 Å². The Kier molecular flexibility index (Phi) is 6.29. The maximum atomic E-state index is 11.6. The summed E-state index contributed by atoms with van der Waals surface area (Å²) in [7, 11) is 0. The lowest BCUT2D eigenvalue weighted by Gasteiger charge is -2.49. The van der Waals surface area contributed by atoms with Crippen molar-refractivity contribution in [2.45, 2.75) is 79.6 Å². The van der Waals surface area contributed by atoms with Gasteiger partial charge >= 0.3 is 0 Å². The van der Waals surface area contributed by atoms with Gasteiger partial charge in [-0.2, -0.15) is 0 Å². The molecule has 0 aromatic rings. The fourth-order valence-corrected chi connectivity index (χ4v) is 4.00. The van der Waals surface area contributed by atoms with E-state index in [1.807, 2.05) is 19.9 Å². The summed E-state index contributed by atoms with van der Waals surface area (Å²) in [6.45, 7) is 11.1. The molecule has 0 amide bonds. The largest absolute Gasteiger partial charge is 0.295 e. The first-order valence-corrected chi connectivity index (χ1v) is 8.32. The summed E-state index contributed by atoms with van der Waals surface area (Å²) in [5.74, 6) is 1.99. The summed E-state index contributed by atoms with van der Waals surface area (Å²) >= 11 is 0. The second-order valence-electron chi connectivity index (χ2n) is 6.32. The van der Waals surface area contributed by atoms with Crippen molar-refractivity contribution in [3.63, 3.8) is 0 Å². The Morgan fingerprint density at radius 2 is 2.00 bits per heavy atom. The molecule has 1 nitrogen and oxygen atoms in total. The molecular formula is C18H32O. The van der Waals surface area contributed by atoms with Gasteiger partial charge in [0.2, 0.25) is 0 Å². The van der Waals surface area contributed by atoms with Gasteiger partial charge < -0.3 is 0 Å².